The molecule has 0 aromatic heterocycles. The number of hydrogen-bond donors (Lipinski definition) is 2. The Bertz CT molecular complexity index is 453. The van der Waals surface area contributed by atoms with Crippen molar-refractivity contribution in [1.29, 1.82) is 0 Å². The van der Waals surface area contributed by atoms with Crippen LogP contribution < -0.4 is 11.2 Å². The van der Waals surface area contributed by atoms with E-state index in [4.69, 9.17) is 22.1 Å². The van der Waals surface area contributed by atoms with Gasteiger partial charge in [-0.25, -0.2) is 10.2 Å². The zero-order chi connectivity index (χ0) is 13.0. The number of halogens is 1. The number of rotatable bonds is 3. The summed E-state index contributed by atoms with van der Waals surface area (Å²) in [5, 5.41) is 4.48. The second kappa shape index (κ2) is 5.37. The third-order valence-corrected chi connectivity index (χ3v) is 3.08. The Labute approximate surface area is 110 Å². The molecule has 1 heterocycles. The molecule has 6 heteroatoms. The van der Waals surface area contributed by atoms with Gasteiger partial charge in [-0.1, -0.05) is 23.7 Å². The van der Waals surface area contributed by atoms with Crippen LogP contribution in [0, 0.1) is 0 Å². The molecule has 5 nitrogen and oxygen atoms in total. The number of hydrazone groups is 1. The lowest BCUT2D eigenvalue weighted by Crippen LogP contribution is -2.30. The SMILES string of the molecule is NC(=O)N/N=C/C1(c2ccc(Cl)cc2)CCCO1. The Kier molecular flexibility index (Phi) is 3.84. The highest BCUT2D eigenvalue weighted by Gasteiger charge is 2.35. The molecule has 1 fully saturated rings. The number of carbonyl (C=O) groups excluding carboxylic acids is 1. The largest absolute Gasteiger partial charge is 0.364 e. The summed E-state index contributed by atoms with van der Waals surface area (Å²) in [6, 6.07) is 6.69. The van der Waals surface area contributed by atoms with E-state index in [-0.39, 0.29) is 0 Å². The molecule has 0 radical (unpaired) electrons. The minimum atomic E-state index is -0.699. The highest BCUT2D eigenvalue weighted by molar-refractivity contribution is 6.30. The zero-order valence-electron chi connectivity index (χ0n) is 9.73. The van der Waals surface area contributed by atoms with Crippen molar-refractivity contribution in [3.05, 3.63) is 34.9 Å². The van der Waals surface area contributed by atoms with Crippen LogP contribution in [-0.4, -0.2) is 18.9 Å². The van der Waals surface area contributed by atoms with Crippen LogP contribution in [0.2, 0.25) is 5.02 Å². The number of nitrogens with zero attached hydrogens (tertiary/aromatic N) is 1. The fraction of sp³-hybridized carbons (Fsp3) is 0.333. The molecular weight excluding hydrogens is 254 g/mol. The summed E-state index contributed by atoms with van der Waals surface area (Å²) in [6.07, 6.45) is 3.32. The average molecular weight is 268 g/mol. The lowest BCUT2D eigenvalue weighted by atomic mass is 9.92. The molecule has 1 aliphatic rings. The molecule has 0 saturated carbocycles. The zero-order valence-corrected chi connectivity index (χ0v) is 10.5. The van der Waals surface area contributed by atoms with Crippen LogP contribution in [-0.2, 0) is 10.3 Å². The smallest absolute Gasteiger partial charge is 0.332 e. The minimum absolute atomic E-state index is 0.604. The van der Waals surface area contributed by atoms with E-state index in [0.29, 0.717) is 11.6 Å². The van der Waals surface area contributed by atoms with Gasteiger partial charge in [0.1, 0.15) is 5.60 Å². The van der Waals surface area contributed by atoms with Crippen LogP contribution in [0.5, 0.6) is 0 Å². The Hall–Kier alpha value is -1.59. The second-order valence-electron chi connectivity index (χ2n) is 4.08. The standard InChI is InChI=1S/C12H14ClN3O2/c13-10-4-2-9(3-5-10)12(6-1-7-18-12)8-15-16-11(14)17/h2-5,8H,1,6-7H2,(H3,14,16,17)/b15-8+. The molecule has 1 aromatic rings. The number of urea groups is 1. The van der Waals surface area contributed by atoms with Gasteiger partial charge in [-0.05, 0) is 30.5 Å². The highest BCUT2D eigenvalue weighted by atomic mass is 35.5. The third kappa shape index (κ3) is 2.80. The first-order valence-corrected chi connectivity index (χ1v) is 6.00. The maximum Gasteiger partial charge on any atom is 0.332 e. The van der Waals surface area contributed by atoms with E-state index in [1.807, 2.05) is 12.1 Å². The van der Waals surface area contributed by atoms with Crippen molar-refractivity contribution >= 4 is 23.8 Å². The van der Waals surface area contributed by atoms with Crippen LogP contribution in [0.1, 0.15) is 18.4 Å². The van der Waals surface area contributed by atoms with E-state index in [2.05, 4.69) is 10.5 Å². The van der Waals surface area contributed by atoms with Gasteiger partial charge in [0.05, 0.1) is 6.21 Å². The molecule has 1 unspecified atom stereocenters. The van der Waals surface area contributed by atoms with Gasteiger partial charge < -0.3 is 10.5 Å². The van der Waals surface area contributed by atoms with E-state index >= 15 is 0 Å². The Morgan fingerprint density at radius 3 is 2.78 bits per heavy atom. The lowest BCUT2D eigenvalue weighted by molar-refractivity contribution is 0.0640. The van der Waals surface area contributed by atoms with E-state index in [1.165, 1.54) is 0 Å². The number of amides is 2. The second-order valence-corrected chi connectivity index (χ2v) is 4.52. The lowest BCUT2D eigenvalue weighted by Gasteiger charge is -2.24. The van der Waals surface area contributed by atoms with Gasteiger partial charge in [-0.15, -0.1) is 0 Å². The summed E-state index contributed by atoms with van der Waals surface area (Å²) < 4.78 is 5.76. The molecule has 0 bridgehead atoms. The first-order valence-electron chi connectivity index (χ1n) is 5.62. The van der Waals surface area contributed by atoms with E-state index in [1.54, 1.807) is 18.3 Å². The van der Waals surface area contributed by atoms with Crippen molar-refractivity contribution in [2.75, 3.05) is 6.61 Å². The Balaban J connectivity index is 2.23. The number of benzene rings is 1. The molecule has 18 heavy (non-hydrogen) atoms. The van der Waals surface area contributed by atoms with Crippen molar-refractivity contribution in [1.82, 2.24) is 5.43 Å². The Morgan fingerprint density at radius 1 is 1.50 bits per heavy atom. The van der Waals surface area contributed by atoms with Gasteiger partial charge in [0.15, 0.2) is 0 Å². The fourth-order valence-corrected chi connectivity index (χ4v) is 2.12. The van der Waals surface area contributed by atoms with Crippen molar-refractivity contribution in [2.24, 2.45) is 10.8 Å². The summed E-state index contributed by atoms with van der Waals surface area (Å²) >= 11 is 5.86. The predicted octanol–water partition coefficient (Wildman–Crippen LogP) is 2.00. The quantitative estimate of drug-likeness (QED) is 0.649. The Morgan fingerprint density at radius 2 is 2.22 bits per heavy atom. The van der Waals surface area contributed by atoms with Crippen LogP contribution >= 0.6 is 11.6 Å². The van der Waals surface area contributed by atoms with Crippen LogP contribution in [0.25, 0.3) is 0 Å². The number of primary amides is 1. The van der Waals surface area contributed by atoms with Crippen LogP contribution in [0.4, 0.5) is 4.79 Å². The molecule has 0 spiro atoms. The highest BCUT2D eigenvalue weighted by Crippen LogP contribution is 2.34. The summed E-state index contributed by atoms with van der Waals surface area (Å²) in [4.78, 5) is 10.6. The summed E-state index contributed by atoms with van der Waals surface area (Å²) in [6.45, 7) is 0.658. The summed E-state index contributed by atoms with van der Waals surface area (Å²) in [7, 11) is 0. The molecule has 1 atom stereocenters. The average Bonchev–Trinajstić information content (AvgIpc) is 2.79. The topological polar surface area (TPSA) is 76.7 Å². The van der Waals surface area contributed by atoms with Gasteiger partial charge >= 0.3 is 6.03 Å². The number of nitrogens with one attached hydrogen (secondary N) is 1. The van der Waals surface area contributed by atoms with E-state index < -0.39 is 11.6 Å². The van der Waals surface area contributed by atoms with Gasteiger partial charge in [-0.2, -0.15) is 5.10 Å². The first-order chi connectivity index (χ1) is 8.62. The number of nitrogens with two attached hydrogens (primary N) is 1. The minimum Gasteiger partial charge on any atom is -0.364 e. The summed E-state index contributed by atoms with van der Waals surface area (Å²) in [5.74, 6) is 0. The van der Waals surface area contributed by atoms with Crippen molar-refractivity contribution in [2.45, 2.75) is 18.4 Å². The molecule has 1 aliphatic heterocycles. The molecular formula is C12H14ClN3O2. The molecule has 2 amide bonds. The molecule has 96 valence electrons. The van der Waals surface area contributed by atoms with Crippen molar-refractivity contribution in [3.63, 3.8) is 0 Å². The number of carbonyl (C=O) groups is 1. The monoisotopic (exact) mass is 267 g/mol. The van der Waals surface area contributed by atoms with Gasteiger partial charge in [0, 0.05) is 11.6 Å². The maximum atomic E-state index is 10.6. The van der Waals surface area contributed by atoms with Gasteiger partial charge in [-0.3, -0.25) is 0 Å². The number of ether oxygens (including phenoxy) is 1. The van der Waals surface area contributed by atoms with Crippen LogP contribution in [0.15, 0.2) is 29.4 Å². The normalized spacial score (nSPS) is 23.4. The van der Waals surface area contributed by atoms with E-state index in [9.17, 15) is 4.79 Å². The van der Waals surface area contributed by atoms with Crippen molar-refractivity contribution < 1.29 is 9.53 Å². The van der Waals surface area contributed by atoms with Crippen LogP contribution in [0.3, 0.4) is 0 Å². The molecule has 1 saturated heterocycles. The first kappa shape index (κ1) is 12.9. The molecule has 3 N–H and O–H groups in total. The predicted molar refractivity (Wildman–Crippen MR) is 69.5 cm³/mol. The van der Waals surface area contributed by atoms with E-state index in [0.717, 1.165) is 18.4 Å². The van der Waals surface area contributed by atoms with Gasteiger partial charge in [0.2, 0.25) is 0 Å². The molecule has 0 aliphatic carbocycles. The summed E-state index contributed by atoms with van der Waals surface area (Å²) in [5.41, 5.74) is 7.49. The number of hydrogen-bond acceptors (Lipinski definition) is 3. The fourth-order valence-electron chi connectivity index (χ4n) is 2.00. The molecule has 1 aromatic carbocycles. The van der Waals surface area contributed by atoms with Gasteiger partial charge in [0.25, 0.3) is 0 Å². The van der Waals surface area contributed by atoms with Crippen molar-refractivity contribution in [3.8, 4) is 0 Å². The molecule has 2 rings (SSSR count). The third-order valence-electron chi connectivity index (χ3n) is 2.83. The maximum absolute atomic E-state index is 10.6.